The Morgan fingerprint density at radius 1 is 0.981 bits per heavy atom. The number of hydrogen-bond acceptors (Lipinski definition) is 10. The normalized spacial score (nSPS) is 17.6. The molecule has 16 heteroatoms. The van der Waals surface area contributed by atoms with Gasteiger partial charge in [-0.05, 0) is 30.9 Å². The van der Waals surface area contributed by atoms with Crippen molar-refractivity contribution in [1.29, 1.82) is 0 Å². The smallest absolute Gasteiger partial charge is 0.330 e. The molecule has 2 atom stereocenters. The zero-order chi connectivity index (χ0) is 39.0. The van der Waals surface area contributed by atoms with Gasteiger partial charge in [-0.1, -0.05) is 67.4 Å². The lowest BCUT2D eigenvalue weighted by molar-refractivity contribution is -0.145. The van der Waals surface area contributed by atoms with Gasteiger partial charge in [-0.2, -0.15) is 0 Å². The molecule has 4 heterocycles. The highest BCUT2D eigenvalue weighted by Gasteiger charge is 2.60. The standard InChI is InChI=1S/C36H33Cl2F2N7O5.C2H6/c1-5-52-35(49)27-20-14-47(15-21(20)27)16-25-33(51-4)44-24(13-41-25)19-10-6-8-17(29(19)37)18-9-7-11-22(30(18)38)42-32-28-26(12-23(43-32)31(39)40)45(2)36(50)46(3)34(28)48;1-2/h6-13,20-21,27,31H,5,14-16H2,1-4H3,(H,42,43);1-2H3. The van der Waals surface area contributed by atoms with Crippen LogP contribution in [0.4, 0.5) is 20.3 Å². The number of carbonyl (C=O) groups is 1. The van der Waals surface area contributed by atoms with E-state index in [1.54, 1.807) is 42.6 Å². The Hall–Kier alpha value is -4.92. The number of rotatable bonds is 10. The van der Waals surface area contributed by atoms with E-state index in [0.717, 1.165) is 28.3 Å². The largest absolute Gasteiger partial charge is 0.480 e. The number of piperidine rings is 1. The Bertz CT molecular complexity index is 2360. The number of halogens is 4. The highest BCUT2D eigenvalue weighted by atomic mass is 35.5. The molecular formula is C38H39Cl2F2N7O5. The Morgan fingerprint density at radius 3 is 2.28 bits per heavy atom. The third-order valence-electron chi connectivity index (χ3n) is 9.72. The van der Waals surface area contributed by atoms with Crippen molar-refractivity contribution in [1.82, 2.24) is 29.0 Å². The molecule has 2 aliphatic rings. The highest BCUT2D eigenvalue weighted by Crippen LogP contribution is 2.52. The van der Waals surface area contributed by atoms with E-state index in [1.807, 2.05) is 20.8 Å². The summed E-state index contributed by atoms with van der Waals surface area (Å²) in [7, 11) is 4.21. The Kier molecular flexibility index (Phi) is 11.4. The Morgan fingerprint density at radius 2 is 1.63 bits per heavy atom. The lowest BCUT2D eigenvalue weighted by Gasteiger charge is -2.20. The van der Waals surface area contributed by atoms with Crippen LogP contribution in [-0.2, 0) is 30.2 Å². The maximum absolute atomic E-state index is 13.9. The third-order valence-corrected chi connectivity index (χ3v) is 10.5. The number of nitrogens with one attached hydrogen (secondary N) is 1. The zero-order valence-corrected chi connectivity index (χ0v) is 32.0. The molecule has 0 spiro atoms. The fraction of sp³-hybridized carbons (Fsp3) is 0.368. The molecule has 0 bridgehead atoms. The summed E-state index contributed by atoms with van der Waals surface area (Å²) in [4.78, 5) is 53.6. The number of hydrogen-bond donors (Lipinski definition) is 1. The van der Waals surface area contributed by atoms with E-state index in [-0.39, 0.29) is 39.3 Å². The van der Waals surface area contributed by atoms with Crippen LogP contribution in [0.15, 0.2) is 58.3 Å². The van der Waals surface area contributed by atoms with Crippen LogP contribution in [0.25, 0.3) is 33.3 Å². The number of fused-ring (bicyclic) bond motifs is 2. The maximum Gasteiger partial charge on any atom is 0.330 e. The molecule has 1 aliphatic heterocycles. The molecule has 3 aromatic heterocycles. The number of anilines is 2. The average molecular weight is 783 g/mol. The summed E-state index contributed by atoms with van der Waals surface area (Å²) in [6.07, 6.45) is -1.35. The second kappa shape index (κ2) is 15.8. The number of nitrogens with zero attached hydrogens (tertiary/aromatic N) is 6. The van der Waals surface area contributed by atoms with Gasteiger partial charge < -0.3 is 14.8 Å². The molecular weight excluding hydrogens is 743 g/mol. The van der Waals surface area contributed by atoms with Gasteiger partial charge in [0.2, 0.25) is 5.88 Å². The fourth-order valence-corrected chi connectivity index (χ4v) is 7.65. The zero-order valence-electron chi connectivity index (χ0n) is 30.5. The van der Waals surface area contributed by atoms with Crippen LogP contribution in [0.2, 0.25) is 10.0 Å². The van der Waals surface area contributed by atoms with Gasteiger partial charge in [-0.25, -0.2) is 23.5 Å². The number of alkyl halides is 2. The second-order valence-electron chi connectivity index (χ2n) is 12.8. The molecule has 1 N–H and O–H groups in total. The van der Waals surface area contributed by atoms with E-state index in [9.17, 15) is 23.2 Å². The predicted molar refractivity (Wildman–Crippen MR) is 204 cm³/mol. The van der Waals surface area contributed by atoms with Crippen LogP contribution in [0.1, 0.15) is 38.6 Å². The van der Waals surface area contributed by atoms with Crippen LogP contribution in [0.3, 0.4) is 0 Å². The van der Waals surface area contributed by atoms with Crippen molar-refractivity contribution in [3.05, 3.63) is 90.9 Å². The van der Waals surface area contributed by atoms with E-state index in [2.05, 4.69) is 20.2 Å². The number of aromatic nitrogens is 5. The molecule has 1 saturated carbocycles. The van der Waals surface area contributed by atoms with Crippen molar-refractivity contribution in [2.75, 3.05) is 32.1 Å². The van der Waals surface area contributed by atoms with Gasteiger partial charge in [0.15, 0.2) is 0 Å². The minimum Gasteiger partial charge on any atom is -0.480 e. The van der Waals surface area contributed by atoms with Crippen molar-refractivity contribution in [2.45, 2.75) is 33.7 Å². The molecule has 54 heavy (non-hydrogen) atoms. The summed E-state index contributed by atoms with van der Waals surface area (Å²) in [6.45, 7) is 8.24. The number of benzene rings is 2. The quantitative estimate of drug-likeness (QED) is 0.148. The van der Waals surface area contributed by atoms with Gasteiger partial charge >= 0.3 is 11.7 Å². The summed E-state index contributed by atoms with van der Waals surface area (Å²) in [5, 5.41) is 3.39. The fourth-order valence-electron chi connectivity index (χ4n) is 7.05. The first-order valence-corrected chi connectivity index (χ1v) is 18.2. The van der Waals surface area contributed by atoms with Gasteiger partial charge in [-0.3, -0.25) is 28.6 Å². The van der Waals surface area contributed by atoms with E-state index >= 15 is 0 Å². The summed E-state index contributed by atoms with van der Waals surface area (Å²) in [6, 6.07) is 11.4. The van der Waals surface area contributed by atoms with Crippen molar-refractivity contribution in [3.8, 4) is 28.3 Å². The number of pyridine rings is 1. The van der Waals surface area contributed by atoms with E-state index in [1.165, 1.54) is 21.2 Å². The van der Waals surface area contributed by atoms with Gasteiger partial charge in [0.05, 0.1) is 52.8 Å². The molecule has 12 nitrogen and oxygen atoms in total. The molecule has 0 amide bonds. The number of methoxy groups -OCH3 is 1. The van der Waals surface area contributed by atoms with Gasteiger partial charge in [0.1, 0.15) is 22.6 Å². The summed E-state index contributed by atoms with van der Waals surface area (Å²) in [5.41, 5.74) is 0.972. The predicted octanol–water partition coefficient (Wildman–Crippen LogP) is 7.02. The number of ether oxygens (including phenoxy) is 2. The van der Waals surface area contributed by atoms with Gasteiger partial charge in [0, 0.05) is 50.4 Å². The summed E-state index contributed by atoms with van der Waals surface area (Å²) < 4.78 is 40.7. The molecule has 2 unspecified atom stereocenters. The SMILES string of the molecule is CC.CCOC(=O)C1C2CN(Cc3ncc(-c4cccc(-c5cccc(Nc6nc(C(F)F)cc7c6c(=O)n(C)c(=O)n7C)c5Cl)c4Cl)nc3OC)CC21. The van der Waals surface area contributed by atoms with E-state index in [0.29, 0.717) is 64.0 Å². The summed E-state index contributed by atoms with van der Waals surface area (Å²) >= 11 is 14.0. The summed E-state index contributed by atoms with van der Waals surface area (Å²) in [5.74, 6) is 0.606. The van der Waals surface area contributed by atoms with Crippen molar-refractivity contribution < 1.29 is 23.0 Å². The molecule has 5 aromatic rings. The van der Waals surface area contributed by atoms with Crippen LogP contribution in [0.5, 0.6) is 5.88 Å². The molecule has 1 saturated heterocycles. The number of carbonyl (C=O) groups excluding carboxylic acids is 1. The highest BCUT2D eigenvalue weighted by molar-refractivity contribution is 6.39. The van der Waals surface area contributed by atoms with Crippen molar-refractivity contribution in [3.63, 3.8) is 0 Å². The first-order valence-electron chi connectivity index (χ1n) is 17.5. The second-order valence-corrected chi connectivity index (χ2v) is 13.5. The number of esters is 1. The Labute approximate surface area is 319 Å². The van der Waals surface area contributed by atoms with Crippen LogP contribution < -0.4 is 21.3 Å². The molecule has 7 rings (SSSR count). The first kappa shape index (κ1) is 38.8. The van der Waals surface area contributed by atoms with Crippen LogP contribution >= 0.6 is 23.2 Å². The molecule has 1 aliphatic carbocycles. The first-order chi connectivity index (χ1) is 25.9. The van der Waals surface area contributed by atoms with Crippen molar-refractivity contribution >= 4 is 51.6 Å². The number of likely N-dealkylation sites (tertiary alicyclic amines) is 1. The van der Waals surface area contributed by atoms with Crippen LogP contribution in [0, 0.1) is 17.8 Å². The van der Waals surface area contributed by atoms with E-state index < -0.39 is 23.4 Å². The Balaban J connectivity index is 0.00000245. The van der Waals surface area contributed by atoms with Crippen molar-refractivity contribution in [2.24, 2.45) is 31.8 Å². The monoisotopic (exact) mass is 781 g/mol. The molecule has 0 radical (unpaired) electrons. The molecule has 284 valence electrons. The lowest BCUT2D eigenvalue weighted by atomic mass is 10.0. The lowest BCUT2D eigenvalue weighted by Crippen LogP contribution is -2.37. The van der Waals surface area contributed by atoms with Crippen LogP contribution in [-0.4, -0.2) is 61.8 Å². The minimum atomic E-state index is -2.97. The van der Waals surface area contributed by atoms with E-state index in [4.69, 9.17) is 37.7 Å². The maximum atomic E-state index is 13.9. The molecule has 2 aromatic carbocycles. The average Bonchev–Trinajstić information content (AvgIpc) is 3.69. The minimum absolute atomic E-state index is 0.00819. The van der Waals surface area contributed by atoms with Gasteiger partial charge in [-0.15, -0.1) is 0 Å². The topological polar surface area (TPSA) is 133 Å². The third kappa shape index (κ3) is 7.05. The van der Waals surface area contributed by atoms with Gasteiger partial charge in [0.25, 0.3) is 12.0 Å². The number of aryl methyl sites for hydroxylation is 1. The molecule has 2 fully saturated rings.